The minimum Gasteiger partial charge on any atom is -0.465 e. The number of nitrogen functional groups attached to an aromatic ring is 1. The van der Waals surface area contributed by atoms with Crippen LogP contribution in [0, 0.1) is 0 Å². The average molecular weight is 345 g/mol. The van der Waals surface area contributed by atoms with Crippen molar-refractivity contribution in [1.82, 2.24) is 19.5 Å². The van der Waals surface area contributed by atoms with Crippen molar-refractivity contribution < 1.29 is 14.6 Å². The van der Waals surface area contributed by atoms with E-state index in [4.69, 9.17) is 10.8 Å². The zero-order chi connectivity index (χ0) is 16.4. The van der Waals surface area contributed by atoms with Crippen molar-refractivity contribution in [2.75, 3.05) is 30.5 Å². The van der Waals surface area contributed by atoms with E-state index in [0.29, 0.717) is 35.3 Å². The number of thioether (sulfide) groups is 1. The molecule has 22 heavy (non-hydrogen) atoms. The lowest BCUT2D eigenvalue weighted by molar-refractivity contribution is -0.140. The third-order valence-corrected chi connectivity index (χ3v) is 3.41. The Hall–Kier alpha value is -1.52. The van der Waals surface area contributed by atoms with E-state index in [2.05, 4.69) is 32.3 Å². The number of ether oxygens (including phenoxy) is 1. The molecular weight excluding hydrogens is 326 g/mol. The van der Waals surface area contributed by atoms with Gasteiger partial charge in [0.15, 0.2) is 11.5 Å². The smallest absolute Gasteiger partial charge is 0.302 e. The first kappa shape index (κ1) is 18.5. The van der Waals surface area contributed by atoms with E-state index < -0.39 is 0 Å². The number of imidazole rings is 1. The number of rotatable bonds is 6. The average Bonchev–Trinajstić information content (AvgIpc) is 2.91. The normalized spacial score (nSPS) is 10.1. The van der Waals surface area contributed by atoms with Crippen LogP contribution in [0.2, 0.25) is 0 Å². The molecule has 0 radical (unpaired) electrons. The van der Waals surface area contributed by atoms with Gasteiger partial charge in [-0.05, 0) is 0 Å². The number of nitrogens with zero attached hydrogens (tertiary/aromatic N) is 4. The summed E-state index contributed by atoms with van der Waals surface area (Å²) in [7, 11) is 0. The quantitative estimate of drug-likeness (QED) is 0.395. The van der Waals surface area contributed by atoms with Gasteiger partial charge in [-0.15, -0.1) is 11.8 Å². The number of esters is 1. The summed E-state index contributed by atoms with van der Waals surface area (Å²) < 4.78 is 6.36. The third kappa shape index (κ3) is 6.08. The summed E-state index contributed by atoms with van der Waals surface area (Å²) in [6, 6.07) is 0. The predicted molar refractivity (Wildman–Crippen MR) is 89.8 cm³/mol. The van der Waals surface area contributed by atoms with Gasteiger partial charge in [-0.2, -0.15) is 12.6 Å². The van der Waals surface area contributed by atoms with Crippen LogP contribution in [0.3, 0.4) is 0 Å². The van der Waals surface area contributed by atoms with Crippen LogP contribution in [0.25, 0.3) is 11.2 Å². The number of nitrogens with two attached hydrogens (primary N) is 1. The molecule has 2 aromatic heterocycles. The van der Waals surface area contributed by atoms with Gasteiger partial charge in [-0.3, -0.25) is 4.79 Å². The van der Waals surface area contributed by atoms with Crippen molar-refractivity contribution in [3.63, 3.8) is 0 Å². The highest BCUT2D eigenvalue weighted by atomic mass is 32.2. The summed E-state index contributed by atoms with van der Waals surface area (Å²) in [6.45, 7) is 1.97. The minimum atomic E-state index is -0.242. The molecule has 0 saturated carbocycles. The summed E-state index contributed by atoms with van der Waals surface area (Å²) >= 11 is 5.42. The van der Waals surface area contributed by atoms with Gasteiger partial charge >= 0.3 is 5.97 Å². The molecule has 10 heteroatoms. The fourth-order valence-electron chi connectivity index (χ4n) is 1.41. The van der Waals surface area contributed by atoms with Gasteiger partial charge in [0.1, 0.15) is 18.5 Å². The maximum Gasteiger partial charge on any atom is 0.302 e. The molecule has 0 unspecified atom stereocenters. The van der Waals surface area contributed by atoms with Gasteiger partial charge in [-0.1, -0.05) is 0 Å². The first-order valence-corrected chi connectivity index (χ1v) is 8.23. The molecule has 0 aliphatic rings. The molecular formula is C12H19N5O3S2. The number of anilines is 1. The van der Waals surface area contributed by atoms with Gasteiger partial charge in [0, 0.05) is 18.4 Å². The zero-order valence-corrected chi connectivity index (χ0v) is 13.9. The van der Waals surface area contributed by atoms with Crippen LogP contribution < -0.4 is 5.73 Å². The van der Waals surface area contributed by atoms with E-state index in [0.717, 1.165) is 5.65 Å². The SMILES string of the molecule is CC(=O)OCCS.Nc1ncnc2c1ncn2CSCCO. The third-order valence-electron chi connectivity index (χ3n) is 2.29. The molecule has 8 nitrogen and oxygen atoms in total. The monoisotopic (exact) mass is 345 g/mol. The highest BCUT2D eigenvalue weighted by molar-refractivity contribution is 7.98. The molecule has 0 fully saturated rings. The van der Waals surface area contributed by atoms with Gasteiger partial charge in [0.25, 0.3) is 0 Å². The molecule has 0 saturated heterocycles. The molecule has 2 rings (SSSR count). The number of fused-ring (bicyclic) bond motifs is 1. The number of hydrogen-bond donors (Lipinski definition) is 3. The number of carbonyl (C=O) groups excluding carboxylic acids is 1. The van der Waals surface area contributed by atoms with Gasteiger partial charge in [-0.25, -0.2) is 15.0 Å². The summed E-state index contributed by atoms with van der Waals surface area (Å²) in [6.07, 6.45) is 3.10. The van der Waals surface area contributed by atoms with E-state index in [1.165, 1.54) is 13.3 Å². The van der Waals surface area contributed by atoms with Gasteiger partial charge < -0.3 is 20.1 Å². The lowest BCUT2D eigenvalue weighted by Crippen LogP contribution is -2.00. The molecule has 3 N–H and O–H groups in total. The second-order valence-corrected chi connectivity index (χ2v) is 5.49. The highest BCUT2D eigenvalue weighted by Crippen LogP contribution is 2.16. The molecule has 2 aromatic rings. The maximum absolute atomic E-state index is 9.95. The Morgan fingerprint density at radius 3 is 2.86 bits per heavy atom. The van der Waals surface area contributed by atoms with Crippen molar-refractivity contribution in [2.45, 2.75) is 12.8 Å². The second kappa shape index (κ2) is 10.2. The van der Waals surface area contributed by atoms with Crippen molar-refractivity contribution >= 4 is 47.3 Å². The molecule has 0 spiro atoms. The first-order chi connectivity index (χ1) is 10.6. The van der Waals surface area contributed by atoms with Crippen molar-refractivity contribution in [3.05, 3.63) is 12.7 Å². The summed E-state index contributed by atoms with van der Waals surface area (Å²) in [5.74, 6) is 2.15. The van der Waals surface area contributed by atoms with Crippen LogP contribution >= 0.6 is 24.4 Å². The van der Waals surface area contributed by atoms with Crippen LogP contribution in [0.1, 0.15) is 6.92 Å². The number of aromatic nitrogens is 4. The van der Waals surface area contributed by atoms with Crippen LogP contribution in [-0.4, -0.2) is 55.3 Å². The Morgan fingerprint density at radius 1 is 1.50 bits per heavy atom. The Morgan fingerprint density at radius 2 is 2.27 bits per heavy atom. The second-order valence-electron chi connectivity index (χ2n) is 3.97. The molecule has 0 aromatic carbocycles. The first-order valence-electron chi connectivity index (χ1n) is 6.44. The largest absolute Gasteiger partial charge is 0.465 e. The maximum atomic E-state index is 9.95. The van der Waals surface area contributed by atoms with E-state index in [-0.39, 0.29) is 12.6 Å². The van der Waals surface area contributed by atoms with Crippen LogP contribution in [0.5, 0.6) is 0 Å². The summed E-state index contributed by atoms with van der Waals surface area (Å²) in [4.78, 5) is 22.1. The molecule has 0 atom stereocenters. The lowest BCUT2D eigenvalue weighted by atomic mass is 10.5. The molecule has 122 valence electrons. The number of thiol groups is 1. The van der Waals surface area contributed by atoms with Crippen LogP contribution in [-0.2, 0) is 15.4 Å². The fraction of sp³-hybridized carbons (Fsp3) is 0.500. The van der Waals surface area contributed by atoms with Crippen LogP contribution in [0.4, 0.5) is 5.82 Å². The summed E-state index contributed by atoms with van der Waals surface area (Å²) in [5, 5.41) is 8.66. The van der Waals surface area contributed by atoms with E-state index in [1.54, 1.807) is 18.1 Å². The molecule has 0 bridgehead atoms. The summed E-state index contributed by atoms with van der Waals surface area (Å²) in [5.41, 5.74) is 7.01. The van der Waals surface area contributed by atoms with Gasteiger partial charge in [0.2, 0.25) is 0 Å². The van der Waals surface area contributed by atoms with Crippen molar-refractivity contribution in [2.24, 2.45) is 0 Å². The van der Waals surface area contributed by atoms with Crippen LogP contribution in [0.15, 0.2) is 12.7 Å². The zero-order valence-electron chi connectivity index (χ0n) is 12.2. The molecule has 0 aliphatic heterocycles. The Labute approximate surface area is 137 Å². The number of hydrogen-bond acceptors (Lipinski definition) is 9. The minimum absolute atomic E-state index is 0.175. The lowest BCUT2D eigenvalue weighted by Gasteiger charge is -2.01. The number of aliphatic hydroxyl groups excluding tert-OH is 1. The Kier molecular flexibility index (Phi) is 8.63. The molecule has 0 aliphatic carbocycles. The van der Waals surface area contributed by atoms with Crippen molar-refractivity contribution in [1.29, 1.82) is 0 Å². The Bertz CT molecular complexity index is 593. The van der Waals surface area contributed by atoms with E-state index in [1.807, 2.05) is 4.57 Å². The van der Waals surface area contributed by atoms with E-state index >= 15 is 0 Å². The van der Waals surface area contributed by atoms with E-state index in [9.17, 15) is 4.79 Å². The molecule has 0 amide bonds. The fourth-order valence-corrected chi connectivity index (χ4v) is 2.15. The Balaban J connectivity index is 0.000000295. The number of aliphatic hydroxyl groups is 1. The topological polar surface area (TPSA) is 116 Å². The van der Waals surface area contributed by atoms with Crippen molar-refractivity contribution in [3.8, 4) is 0 Å². The standard InChI is InChI=1S/C8H11N5OS.C4H8O2S/c9-7-6-8(11-3-10-7)13(4-12-6)5-15-2-1-14;1-4(5)6-2-3-7/h3-4,14H,1-2,5H2,(H2,9,10,11);7H,2-3H2,1H3. The highest BCUT2D eigenvalue weighted by Gasteiger charge is 2.06. The van der Waals surface area contributed by atoms with Gasteiger partial charge in [0.05, 0.1) is 18.8 Å². The number of carbonyl (C=O) groups is 1. The predicted octanol–water partition coefficient (Wildman–Crippen LogP) is 0.571. The molecule has 2 heterocycles.